The maximum Gasteiger partial charge on any atom is 0.435 e. The van der Waals surface area contributed by atoms with Crippen LogP contribution >= 0.6 is 11.3 Å². The maximum absolute atomic E-state index is 13.0. The van der Waals surface area contributed by atoms with Crippen LogP contribution < -0.4 is 0 Å². The molecule has 1 aliphatic rings. The Morgan fingerprint density at radius 2 is 1.86 bits per heavy atom. The van der Waals surface area contributed by atoms with Crippen molar-refractivity contribution in [1.82, 2.24) is 24.6 Å². The van der Waals surface area contributed by atoms with E-state index in [0.29, 0.717) is 31.6 Å². The highest BCUT2D eigenvalue weighted by Crippen LogP contribution is 2.32. The maximum atomic E-state index is 13.0. The van der Waals surface area contributed by atoms with Crippen molar-refractivity contribution in [1.29, 1.82) is 0 Å². The summed E-state index contributed by atoms with van der Waals surface area (Å²) < 4.78 is 39.8. The fourth-order valence-electron chi connectivity index (χ4n) is 4.30. The van der Waals surface area contributed by atoms with Crippen LogP contribution in [-0.4, -0.2) is 56.5 Å². The second-order valence-electron chi connectivity index (χ2n) is 9.06. The molecule has 7 nitrogen and oxygen atoms in total. The molecule has 4 rings (SSSR count). The van der Waals surface area contributed by atoms with Crippen LogP contribution in [0.3, 0.4) is 0 Å². The second kappa shape index (κ2) is 10.4. The van der Waals surface area contributed by atoms with Crippen molar-refractivity contribution in [2.24, 2.45) is 0 Å². The average Bonchev–Trinajstić information content (AvgIpc) is 3.50. The van der Waals surface area contributed by atoms with Gasteiger partial charge in [0.25, 0.3) is 5.91 Å². The zero-order valence-electron chi connectivity index (χ0n) is 20.3. The van der Waals surface area contributed by atoms with Gasteiger partial charge in [0.2, 0.25) is 5.91 Å². The lowest BCUT2D eigenvalue weighted by atomic mass is 9.97. The SMILES string of the molecule is Cc1cc(C(F)(F)F)nn1CC(=O)N1CCC(c2nc(C(=O)N(C)[C@H](C)c3ccccc3)cs2)CC1. The lowest BCUT2D eigenvalue weighted by Gasteiger charge is -2.31. The number of benzene rings is 1. The van der Waals surface area contributed by atoms with Crippen LogP contribution in [0.15, 0.2) is 41.8 Å². The van der Waals surface area contributed by atoms with Crippen LogP contribution in [0, 0.1) is 6.92 Å². The fraction of sp³-hybridized carbons (Fsp3) is 0.440. The number of amides is 2. The number of carbonyl (C=O) groups excluding carboxylic acids is 2. The summed E-state index contributed by atoms with van der Waals surface area (Å²) in [5, 5.41) is 6.19. The molecule has 0 saturated carbocycles. The highest BCUT2D eigenvalue weighted by molar-refractivity contribution is 7.09. The van der Waals surface area contributed by atoms with Gasteiger partial charge in [-0.15, -0.1) is 11.3 Å². The van der Waals surface area contributed by atoms with Gasteiger partial charge in [0.1, 0.15) is 12.2 Å². The van der Waals surface area contributed by atoms with E-state index in [9.17, 15) is 22.8 Å². The minimum Gasteiger partial charge on any atom is -0.341 e. The highest BCUT2D eigenvalue weighted by atomic mass is 32.1. The molecule has 2 aromatic heterocycles. The predicted molar refractivity (Wildman–Crippen MR) is 130 cm³/mol. The first kappa shape index (κ1) is 25.9. The van der Waals surface area contributed by atoms with Gasteiger partial charge in [0, 0.05) is 37.1 Å². The van der Waals surface area contributed by atoms with Crippen LogP contribution in [0.2, 0.25) is 0 Å². The van der Waals surface area contributed by atoms with Gasteiger partial charge in [-0.3, -0.25) is 14.3 Å². The van der Waals surface area contributed by atoms with Gasteiger partial charge in [-0.1, -0.05) is 30.3 Å². The average molecular weight is 520 g/mol. The number of aromatic nitrogens is 3. The van der Waals surface area contributed by atoms with Crippen molar-refractivity contribution in [2.75, 3.05) is 20.1 Å². The lowest BCUT2D eigenvalue weighted by Crippen LogP contribution is -2.40. The monoisotopic (exact) mass is 519 g/mol. The van der Waals surface area contributed by atoms with E-state index < -0.39 is 11.9 Å². The van der Waals surface area contributed by atoms with Gasteiger partial charge in [0.15, 0.2) is 5.69 Å². The van der Waals surface area contributed by atoms with Crippen LogP contribution in [0.25, 0.3) is 0 Å². The molecule has 1 atom stereocenters. The molecule has 2 amide bonds. The third-order valence-electron chi connectivity index (χ3n) is 6.68. The molecule has 0 radical (unpaired) electrons. The number of halogens is 3. The number of piperidine rings is 1. The molecule has 36 heavy (non-hydrogen) atoms. The Bertz CT molecular complexity index is 1220. The third-order valence-corrected chi connectivity index (χ3v) is 7.69. The minimum atomic E-state index is -4.54. The Kier molecular flexibility index (Phi) is 7.49. The van der Waals surface area contributed by atoms with Gasteiger partial charge >= 0.3 is 6.18 Å². The molecule has 0 unspecified atom stereocenters. The number of hydrogen-bond donors (Lipinski definition) is 0. The molecule has 3 heterocycles. The smallest absolute Gasteiger partial charge is 0.341 e. The first-order chi connectivity index (χ1) is 17.0. The Morgan fingerprint density at radius 1 is 1.19 bits per heavy atom. The number of likely N-dealkylation sites (tertiary alicyclic amines) is 1. The Labute approximate surface area is 211 Å². The van der Waals surface area contributed by atoms with Crippen molar-refractivity contribution in [3.8, 4) is 0 Å². The van der Waals surface area contributed by atoms with E-state index in [0.717, 1.165) is 21.3 Å². The minimum absolute atomic E-state index is 0.0938. The second-order valence-corrected chi connectivity index (χ2v) is 9.94. The van der Waals surface area contributed by atoms with Crippen LogP contribution in [-0.2, 0) is 17.5 Å². The first-order valence-electron chi connectivity index (χ1n) is 11.7. The van der Waals surface area contributed by atoms with Crippen molar-refractivity contribution >= 4 is 23.2 Å². The van der Waals surface area contributed by atoms with Gasteiger partial charge in [-0.05, 0) is 38.3 Å². The molecule has 1 fully saturated rings. The summed E-state index contributed by atoms with van der Waals surface area (Å²) in [5.41, 5.74) is 0.746. The first-order valence-corrected chi connectivity index (χ1v) is 12.6. The van der Waals surface area contributed by atoms with Crippen molar-refractivity contribution in [3.63, 3.8) is 0 Å². The Morgan fingerprint density at radius 3 is 2.47 bits per heavy atom. The number of carbonyl (C=O) groups is 2. The Hall–Kier alpha value is -3.21. The van der Waals surface area contributed by atoms with Gasteiger partial charge in [0.05, 0.1) is 11.0 Å². The van der Waals surface area contributed by atoms with Gasteiger partial charge in [-0.25, -0.2) is 4.98 Å². The normalized spacial score (nSPS) is 15.7. The number of nitrogens with zero attached hydrogens (tertiary/aromatic N) is 5. The van der Waals surface area contributed by atoms with Gasteiger partial charge < -0.3 is 9.80 Å². The summed E-state index contributed by atoms with van der Waals surface area (Å²) in [5.74, 6) is -0.282. The molecular formula is C25H28F3N5O2S. The van der Waals surface area contributed by atoms with Crippen LogP contribution in [0.1, 0.15) is 64.2 Å². The number of hydrogen-bond acceptors (Lipinski definition) is 5. The van der Waals surface area contributed by atoms with Crippen molar-refractivity contribution in [2.45, 2.75) is 51.4 Å². The van der Waals surface area contributed by atoms with Gasteiger partial charge in [-0.2, -0.15) is 18.3 Å². The van der Waals surface area contributed by atoms with Crippen molar-refractivity contribution < 1.29 is 22.8 Å². The summed E-state index contributed by atoms with van der Waals surface area (Å²) in [6.45, 7) is 4.20. The summed E-state index contributed by atoms with van der Waals surface area (Å²) in [6, 6.07) is 10.6. The molecular weight excluding hydrogens is 491 g/mol. The molecule has 192 valence electrons. The zero-order chi connectivity index (χ0) is 26.0. The standard InChI is InChI=1S/C25H28F3N5O2S/c1-16-13-21(25(26,27)28)30-33(16)14-22(34)32-11-9-19(10-12-32)23-29-20(15-36-23)24(35)31(3)17(2)18-7-5-4-6-8-18/h4-8,13,15,17,19H,9-12,14H2,1-3H3/t17-/m1/s1. The zero-order valence-corrected chi connectivity index (χ0v) is 21.1. The highest BCUT2D eigenvalue weighted by Gasteiger charge is 2.35. The summed E-state index contributed by atoms with van der Waals surface area (Å²) in [7, 11) is 1.77. The topological polar surface area (TPSA) is 71.3 Å². The molecule has 0 aliphatic carbocycles. The molecule has 3 aromatic rings. The quantitative estimate of drug-likeness (QED) is 0.464. The predicted octanol–water partition coefficient (Wildman–Crippen LogP) is 4.91. The number of rotatable bonds is 6. The third kappa shape index (κ3) is 5.61. The van der Waals surface area contributed by atoms with E-state index in [-0.39, 0.29) is 36.0 Å². The van der Waals surface area contributed by atoms with Crippen molar-refractivity contribution in [3.05, 3.63) is 69.4 Å². The molecule has 1 saturated heterocycles. The van der Waals surface area contributed by atoms with Crippen LogP contribution in [0.4, 0.5) is 13.2 Å². The molecule has 1 aliphatic heterocycles. The largest absolute Gasteiger partial charge is 0.435 e. The number of alkyl halides is 3. The summed E-state index contributed by atoms with van der Waals surface area (Å²) in [6.07, 6.45) is -3.19. The molecule has 11 heteroatoms. The molecule has 1 aromatic carbocycles. The summed E-state index contributed by atoms with van der Waals surface area (Å²) in [4.78, 5) is 33.6. The van der Waals surface area contributed by atoms with Crippen LogP contribution in [0.5, 0.6) is 0 Å². The molecule has 0 spiro atoms. The summed E-state index contributed by atoms with van der Waals surface area (Å²) >= 11 is 1.45. The van der Waals surface area contributed by atoms with E-state index in [4.69, 9.17) is 0 Å². The van der Waals surface area contributed by atoms with E-state index in [1.54, 1.807) is 22.2 Å². The Balaban J connectivity index is 1.33. The number of aryl methyl sites for hydroxylation is 1. The van der Waals surface area contributed by atoms with E-state index in [2.05, 4.69) is 10.1 Å². The number of thiazole rings is 1. The van der Waals surface area contributed by atoms with E-state index in [1.807, 2.05) is 37.3 Å². The lowest BCUT2D eigenvalue weighted by molar-refractivity contribution is -0.142. The molecule has 0 N–H and O–H groups in total. The van der Waals surface area contributed by atoms with E-state index >= 15 is 0 Å². The fourth-order valence-corrected chi connectivity index (χ4v) is 5.26. The molecule has 0 bridgehead atoms. The van der Waals surface area contributed by atoms with E-state index in [1.165, 1.54) is 18.3 Å².